The molecule has 47 heavy (non-hydrogen) atoms. The zero-order valence-corrected chi connectivity index (χ0v) is 26.5. The number of alkyl carbamates (subject to hydrolysis) is 1. The van der Waals surface area contributed by atoms with Gasteiger partial charge in [-0.3, -0.25) is 9.00 Å². The number of nitrogens with zero attached hydrogens (tertiary/aromatic N) is 1. The van der Waals surface area contributed by atoms with Gasteiger partial charge >= 0.3 is 6.09 Å². The fourth-order valence-corrected chi connectivity index (χ4v) is 5.93. The number of carbonyl (C=O) groups excluding carboxylic acids is 2. The number of rotatable bonds is 13. The largest absolute Gasteiger partial charge is 0.772 e. The molecule has 1 heterocycles. The number of methoxy groups -OCH3 is 1. The lowest BCUT2D eigenvalue weighted by Gasteiger charge is -2.38. The van der Waals surface area contributed by atoms with Crippen molar-refractivity contribution < 1.29 is 45.4 Å². The smallest absolute Gasteiger partial charge is 0.407 e. The highest BCUT2D eigenvalue weighted by Crippen LogP contribution is 2.33. The van der Waals surface area contributed by atoms with Gasteiger partial charge in [0.15, 0.2) is 11.6 Å². The van der Waals surface area contributed by atoms with Gasteiger partial charge in [-0.2, -0.15) is 0 Å². The molecule has 0 saturated carbocycles. The van der Waals surface area contributed by atoms with Crippen molar-refractivity contribution in [2.24, 2.45) is 0 Å². The molecule has 1 aliphatic heterocycles. The third-order valence-corrected chi connectivity index (χ3v) is 8.45. The molecule has 15 heteroatoms. The number of carbonyl (C=O) groups is 2. The van der Waals surface area contributed by atoms with Crippen LogP contribution in [0.3, 0.4) is 0 Å². The summed E-state index contributed by atoms with van der Waals surface area (Å²) in [7, 11) is 2.96. The van der Waals surface area contributed by atoms with Gasteiger partial charge in [0, 0.05) is 36.9 Å². The molecule has 254 valence electrons. The maximum atomic E-state index is 15.1. The molecule has 0 radical (unpaired) electrons. The summed E-state index contributed by atoms with van der Waals surface area (Å²) in [5.74, 6) is -5.64. The van der Waals surface area contributed by atoms with Crippen molar-refractivity contribution in [3.05, 3.63) is 95.1 Å². The molecular weight excluding hydrogens is 644 g/mol. The molecule has 0 spiro atoms. The van der Waals surface area contributed by atoms with E-state index in [0.29, 0.717) is 32.0 Å². The normalized spacial score (nSPS) is 18.5. The number of hydrogen-bond donors (Lipinski definition) is 3. The first-order chi connectivity index (χ1) is 22.4. The van der Waals surface area contributed by atoms with Gasteiger partial charge in [0.05, 0.1) is 18.8 Å². The Labute approximate surface area is 272 Å². The van der Waals surface area contributed by atoms with Crippen LogP contribution in [0.5, 0.6) is 5.75 Å². The minimum atomic E-state index is -2.10. The average Bonchev–Trinajstić information content (AvgIpc) is 3.01. The van der Waals surface area contributed by atoms with E-state index in [1.165, 1.54) is 24.3 Å². The van der Waals surface area contributed by atoms with Crippen LogP contribution >= 0.6 is 0 Å². The van der Waals surface area contributed by atoms with Crippen LogP contribution in [0.2, 0.25) is 0 Å². The predicted octanol–water partition coefficient (Wildman–Crippen LogP) is 4.05. The Kier molecular flexibility index (Phi) is 12.7. The van der Waals surface area contributed by atoms with Crippen LogP contribution in [-0.2, 0) is 20.6 Å². The van der Waals surface area contributed by atoms with Crippen molar-refractivity contribution in [2.75, 3.05) is 44.9 Å². The van der Waals surface area contributed by atoms with Gasteiger partial charge in [-0.25, -0.2) is 22.4 Å². The number of benzene rings is 3. The van der Waals surface area contributed by atoms with E-state index >= 15 is 4.39 Å². The van der Waals surface area contributed by atoms with E-state index in [1.807, 2.05) is 7.05 Å². The van der Waals surface area contributed by atoms with E-state index in [-0.39, 0.29) is 47.0 Å². The van der Waals surface area contributed by atoms with Gasteiger partial charge in [-0.15, -0.1) is 0 Å². The zero-order chi connectivity index (χ0) is 34.1. The van der Waals surface area contributed by atoms with E-state index in [9.17, 15) is 31.5 Å². The van der Waals surface area contributed by atoms with Crippen molar-refractivity contribution in [1.29, 1.82) is 0 Å². The lowest BCUT2D eigenvalue weighted by molar-refractivity contribution is -0.118. The minimum absolute atomic E-state index is 0.00997. The molecule has 4 rings (SSSR count). The molecule has 3 unspecified atom stereocenters. The van der Waals surface area contributed by atoms with Crippen LogP contribution in [0.15, 0.2) is 60.7 Å². The number of halogens is 4. The highest BCUT2D eigenvalue weighted by atomic mass is 32.2. The van der Waals surface area contributed by atoms with Crippen molar-refractivity contribution in [3.63, 3.8) is 0 Å². The summed E-state index contributed by atoms with van der Waals surface area (Å²) >= 11 is -2.10. The quantitative estimate of drug-likeness (QED) is 0.182. The van der Waals surface area contributed by atoms with Gasteiger partial charge in [0.1, 0.15) is 30.1 Å². The number of hydrogen-bond acceptors (Lipinski definition) is 8. The van der Waals surface area contributed by atoms with Crippen molar-refractivity contribution in [1.82, 2.24) is 15.5 Å². The molecule has 1 fully saturated rings. The van der Waals surface area contributed by atoms with Crippen molar-refractivity contribution in [2.45, 2.75) is 36.9 Å². The third kappa shape index (κ3) is 9.97. The number of piperazine rings is 1. The topological polar surface area (TPSA) is 132 Å². The van der Waals surface area contributed by atoms with Gasteiger partial charge in [-0.05, 0) is 67.4 Å². The highest BCUT2D eigenvalue weighted by molar-refractivity contribution is 7.79. The second-order valence-electron chi connectivity index (χ2n) is 11.1. The molecule has 2 amide bonds. The second kappa shape index (κ2) is 16.7. The van der Waals surface area contributed by atoms with E-state index in [2.05, 4.69) is 20.9 Å². The van der Waals surface area contributed by atoms with Crippen LogP contribution < -0.4 is 20.7 Å². The number of amides is 2. The molecule has 1 saturated heterocycles. The van der Waals surface area contributed by atoms with Gasteiger partial charge < -0.3 is 34.9 Å². The van der Waals surface area contributed by atoms with Crippen LogP contribution in [0.1, 0.15) is 29.9 Å². The van der Waals surface area contributed by atoms with E-state index in [0.717, 1.165) is 37.4 Å². The van der Waals surface area contributed by atoms with E-state index in [1.54, 1.807) is 0 Å². The van der Waals surface area contributed by atoms with E-state index in [4.69, 9.17) is 9.47 Å². The first-order valence-corrected chi connectivity index (χ1v) is 16.0. The summed E-state index contributed by atoms with van der Waals surface area (Å²) in [6, 6.07) is 9.57. The lowest BCUT2D eigenvalue weighted by atomic mass is 9.84. The van der Waals surface area contributed by atoms with Crippen molar-refractivity contribution in [3.8, 4) is 5.75 Å². The first kappa shape index (κ1) is 35.8. The minimum Gasteiger partial charge on any atom is -0.772 e. The van der Waals surface area contributed by atoms with E-state index < -0.39 is 58.3 Å². The number of ether oxygens (including phenoxy) is 2. The monoisotopic (exact) mass is 679 g/mol. The molecule has 10 nitrogen and oxygen atoms in total. The highest BCUT2D eigenvalue weighted by Gasteiger charge is 2.34. The second-order valence-corrected chi connectivity index (χ2v) is 12.1. The number of likely N-dealkylation sites (N-methyl/N-ethyl adjacent to an activating group) is 1. The van der Waals surface area contributed by atoms with Crippen LogP contribution in [0, 0.1) is 23.3 Å². The molecule has 3 aromatic carbocycles. The standard InChI is InChI=1S/C32H36F4N4O6S/c1-40-17-24(37-16-25(40)5-4-12-47(43)44)18-46-30-26(36)6-3-7-27(30)38-31(41)29(39-32(42)45-2)28(19-8-10-21(33)11-9-19)20-13-22(34)15-23(35)14-20/h3,6-11,13-15,24-25,28-29,37H,4-5,12,16-18H2,1-2H3,(H,38,41)(H,39,42)(H,43,44)/p-1/t24?,25?,28-,29-/m0/s1. The fourth-order valence-electron chi connectivity index (χ4n) is 5.53. The Morgan fingerprint density at radius 1 is 1.04 bits per heavy atom. The van der Waals surface area contributed by atoms with Gasteiger partial charge in [0.2, 0.25) is 5.91 Å². The Bertz CT molecular complexity index is 1550. The summed E-state index contributed by atoms with van der Waals surface area (Å²) in [5, 5.41) is 8.27. The third-order valence-electron chi connectivity index (χ3n) is 7.82. The summed E-state index contributed by atoms with van der Waals surface area (Å²) in [4.78, 5) is 28.4. The summed E-state index contributed by atoms with van der Waals surface area (Å²) in [5.41, 5.74) is 0.104. The van der Waals surface area contributed by atoms with Crippen LogP contribution in [0.4, 0.5) is 28.0 Å². The lowest BCUT2D eigenvalue weighted by Crippen LogP contribution is -2.56. The fraction of sp³-hybridized carbons (Fsp3) is 0.375. The molecule has 0 aromatic heterocycles. The molecule has 0 aliphatic carbocycles. The zero-order valence-electron chi connectivity index (χ0n) is 25.6. The first-order valence-electron chi connectivity index (χ1n) is 14.7. The summed E-state index contributed by atoms with van der Waals surface area (Å²) in [6.45, 7) is 1.09. The molecule has 3 aromatic rings. The van der Waals surface area contributed by atoms with Gasteiger partial charge in [0.25, 0.3) is 0 Å². The maximum absolute atomic E-state index is 15.1. The number of para-hydroxylation sites is 1. The predicted molar refractivity (Wildman–Crippen MR) is 166 cm³/mol. The molecule has 5 atom stereocenters. The Hall–Kier alpha value is -4.05. The van der Waals surface area contributed by atoms with Gasteiger partial charge in [-0.1, -0.05) is 29.3 Å². The average molecular weight is 680 g/mol. The van der Waals surface area contributed by atoms with Crippen molar-refractivity contribution >= 4 is 28.8 Å². The van der Waals surface area contributed by atoms with Crippen LogP contribution in [-0.4, -0.2) is 83.4 Å². The molecule has 0 bridgehead atoms. The Morgan fingerprint density at radius 2 is 1.74 bits per heavy atom. The molecule has 3 N–H and O–H groups in total. The number of anilines is 1. The summed E-state index contributed by atoms with van der Waals surface area (Å²) in [6.07, 6.45) is 0.155. The summed E-state index contributed by atoms with van der Waals surface area (Å²) < 4.78 is 89.9. The Balaban J connectivity index is 1.56. The number of nitrogens with one attached hydrogen (secondary N) is 3. The SMILES string of the molecule is COC(=O)N[C@H](C(=O)Nc1cccc(F)c1OCC1CN(C)C(CCCS(=O)[O-])CN1)[C@@H](c1ccc(F)cc1)c1cc(F)cc(F)c1. The van der Waals surface area contributed by atoms with Crippen LogP contribution in [0.25, 0.3) is 0 Å². The molecular formula is C32H35F4N4O6S-. The Morgan fingerprint density at radius 3 is 2.38 bits per heavy atom. The maximum Gasteiger partial charge on any atom is 0.407 e. The molecule has 1 aliphatic rings.